The van der Waals surface area contributed by atoms with E-state index in [0.29, 0.717) is 0 Å². The Morgan fingerprint density at radius 2 is 1.94 bits per heavy atom. The Balaban J connectivity index is 2.03. The van der Waals surface area contributed by atoms with E-state index in [4.69, 9.17) is 0 Å². The first-order valence-corrected chi connectivity index (χ1v) is 5.36. The first-order chi connectivity index (χ1) is 8.66. The van der Waals surface area contributed by atoms with Gasteiger partial charge in [0.1, 0.15) is 11.4 Å². The number of aromatic nitrogens is 1. The van der Waals surface area contributed by atoms with Gasteiger partial charge in [-0.1, -0.05) is 12.1 Å². The van der Waals surface area contributed by atoms with E-state index in [2.05, 4.69) is 10.3 Å². The van der Waals surface area contributed by atoms with Gasteiger partial charge in [-0.3, -0.25) is 9.59 Å². The van der Waals surface area contributed by atoms with Gasteiger partial charge in [-0.15, -0.1) is 0 Å². The molecule has 2 N–H and O–H groups in total. The molecule has 92 valence electrons. The number of pyridine rings is 1. The summed E-state index contributed by atoms with van der Waals surface area (Å²) in [5, 5.41) is 2.59. The van der Waals surface area contributed by atoms with E-state index in [9.17, 15) is 14.0 Å². The summed E-state index contributed by atoms with van der Waals surface area (Å²) in [5.74, 6) is -0.786. The Morgan fingerprint density at radius 1 is 1.22 bits per heavy atom. The molecule has 2 rings (SSSR count). The van der Waals surface area contributed by atoms with Crippen LogP contribution in [0.4, 0.5) is 4.39 Å². The van der Waals surface area contributed by atoms with Gasteiger partial charge in [0.15, 0.2) is 5.43 Å². The van der Waals surface area contributed by atoms with Crippen LogP contribution in [0.2, 0.25) is 0 Å². The number of carbonyl (C=O) groups is 1. The van der Waals surface area contributed by atoms with E-state index in [1.807, 2.05) is 0 Å². The summed E-state index contributed by atoms with van der Waals surface area (Å²) in [6, 6.07) is 7.07. The lowest BCUT2D eigenvalue weighted by atomic mass is 10.2. The number of carbonyl (C=O) groups excluding carboxylic acids is 1. The summed E-state index contributed by atoms with van der Waals surface area (Å²) in [4.78, 5) is 25.8. The third kappa shape index (κ3) is 2.82. The standard InChI is InChI=1S/C13H11FN2O2/c14-10-3-1-9(2-4-10)7-16-13(18)11-8-15-6-5-12(11)17/h1-6,8H,7H2,(H,15,17)(H,16,18). The van der Waals surface area contributed by atoms with Crippen molar-refractivity contribution in [2.45, 2.75) is 6.54 Å². The summed E-state index contributed by atoms with van der Waals surface area (Å²) in [6.45, 7) is 0.243. The Labute approximate surface area is 102 Å². The number of rotatable bonds is 3. The van der Waals surface area contributed by atoms with Crippen molar-refractivity contribution in [3.63, 3.8) is 0 Å². The van der Waals surface area contributed by atoms with Crippen LogP contribution in [0.3, 0.4) is 0 Å². The van der Waals surface area contributed by atoms with Gasteiger partial charge in [-0.05, 0) is 17.7 Å². The molecule has 0 aliphatic carbocycles. The molecule has 18 heavy (non-hydrogen) atoms. The molecule has 4 nitrogen and oxygen atoms in total. The van der Waals surface area contributed by atoms with Crippen LogP contribution in [-0.2, 0) is 6.54 Å². The summed E-state index contributed by atoms with van der Waals surface area (Å²) >= 11 is 0. The predicted molar refractivity (Wildman–Crippen MR) is 64.6 cm³/mol. The highest BCUT2D eigenvalue weighted by molar-refractivity contribution is 5.93. The van der Waals surface area contributed by atoms with Crippen molar-refractivity contribution in [1.82, 2.24) is 10.3 Å². The Hall–Kier alpha value is -2.43. The molecular formula is C13H11FN2O2. The number of nitrogens with one attached hydrogen (secondary N) is 2. The fraction of sp³-hybridized carbons (Fsp3) is 0.0769. The molecule has 5 heteroatoms. The molecular weight excluding hydrogens is 235 g/mol. The van der Waals surface area contributed by atoms with E-state index in [0.717, 1.165) is 5.56 Å². The van der Waals surface area contributed by atoms with Crippen LogP contribution in [0.1, 0.15) is 15.9 Å². The minimum Gasteiger partial charge on any atom is -0.367 e. The first kappa shape index (κ1) is 12.0. The summed E-state index contributed by atoms with van der Waals surface area (Å²) in [5.41, 5.74) is 0.474. The molecule has 1 heterocycles. The maximum Gasteiger partial charge on any atom is 0.257 e. The SMILES string of the molecule is O=C(NCc1ccc(F)cc1)c1c[nH]ccc1=O. The largest absolute Gasteiger partial charge is 0.367 e. The fourth-order valence-corrected chi connectivity index (χ4v) is 1.47. The molecule has 0 unspecified atom stereocenters. The Morgan fingerprint density at radius 3 is 2.61 bits per heavy atom. The molecule has 2 aromatic rings. The summed E-state index contributed by atoms with van der Waals surface area (Å²) in [7, 11) is 0. The zero-order valence-electron chi connectivity index (χ0n) is 9.44. The highest BCUT2D eigenvalue weighted by atomic mass is 19.1. The lowest BCUT2D eigenvalue weighted by Gasteiger charge is -2.04. The molecule has 0 radical (unpaired) electrons. The highest BCUT2D eigenvalue weighted by Crippen LogP contribution is 2.02. The number of amides is 1. The lowest BCUT2D eigenvalue weighted by Crippen LogP contribution is -2.27. The van der Waals surface area contributed by atoms with E-state index in [1.54, 1.807) is 12.1 Å². The number of hydrogen-bond donors (Lipinski definition) is 2. The van der Waals surface area contributed by atoms with Crippen molar-refractivity contribution in [2.24, 2.45) is 0 Å². The monoisotopic (exact) mass is 246 g/mol. The number of H-pyrrole nitrogens is 1. The second-order valence-corrected chi connectivity index (χ2v) is 3.73. The van der Waals surface area contributed by atoms with Crippen LogP contribution in [0, 0.1) is 5.82 Å². The molecule has 0 bridgehead atoms. The van der Waals surface area contributed by atoms with Crippen molar-refractivity contribution in [1.29, 1.82) is 0 Å². The molecule has 0 saturated carbocycles. The first-order valence-electron chi connectivity index (χ1n) is 5.36. The third-order valence-electron chi connectivity index (χ3n) is 2.44. The zero-order chi connectivity index (χ0) is 13.0. The average Bonchev–Trinajstić information content (AvgIpc) is 2.38. The minimum atomic E-state index is -0.457. The van der Waals surface area contributed by atoms with Crippen LogP contribution in [0.5, 0.6) is 0 Å². The van der Waals surface area contributed by atoms with Gasteiger partial charge in [0.25, 0.3) is 5.91 Å². The second kappa shape index (κ2) is 5.27. The maximum atomic E-state index is 12.7. The van der Waals surface area contributed by atoms with Gasteiger partial charge in [-0.2, -0.15) is 0 Å². The average molecular weight is 246 g/mol. The van der Waals surface area contributed by atoms with E-state index in [1.165, 1.54) is 30.6 Å². The van der Waals surface area contributed by atoms with Crippen molar-refractivity contribution in [3.05, 3.63) is 69.9 Å². The number of hydrogen-bond acceptors (Lipinski definition) is 2. The van der Waals surface area contributed by atoms with Gasteiger partial charge in [-0.25, -0.2) is 4.39 Å². The van der Waals surface area contributed by atoms with E-state index in [-0.39, 0.29) is 23.4 Å². The van der Waals surface area contributed by atoms with Crippen molar-refractivity contribution in [3.8, 4) is 0 Å². The van der Waals surface area contributed by atoms with Crippen LogP contribution < -0.4 is 10.7 Å². The topological polar surface area (TPSA) is 62.0 Å². The fourth-order valence-electron chi connectivity index (χ4n) is 1.47. The second-order valence-electron chi connectivity index (χ2n) is 3.73. The number of halogens is 1. The van der Waals surface area contributed by atoms with Crippen LogP contribution in [0.25, 0.3) is 0 Å². The normalized spacial score (nSPS) is 10.1. The number of aromatic amines is 1. The van der Waals surface area contributed by atoms with Gasteiger partial charge in [0.2, 0.25) is 0 Å². The Kier molecular flexibility index (Phi) is 3.52. The molecule has 1 aromatic carbocycles. The lowest BCUT2D eigenvalue weighted by molar-refractivity contribution is 0.0949. The van der Waals surface area contributed by atoms with E-state index >= 15 is 0 Å². The minimum absolute atomic E-state index is 0.0552. The Bertz CT molecular complexity index is 605. The van der Waals surface area contributed by atoms with Crippen LogP contribution in [-0.4, -0.2) is 10.9 Å². The van der Waals surface area contributed by atoms with Gasteiger partial charge >= 0.3 is 0 Å². The van der Waals surface area contributed by atoms with E-state index < -0.39 is 5.91 Å². The third-order valence-corrected chi connectivity index (χ3v) is 2.44. The highest BCUT2D eigenvalue weighted by Gasteiger charge is 2.08. The molecule has 0 atom stereocenters. The summed E-state index contributed by atoms with van der Waals surface area (Å²) < 4.78 is 12.7. The molecule has 0 aliphatic heterocycles. The zero-order valence-corrected chi connectivity index (χ0v) is 9.44. The van der Waals surface area contributed by atoms with Gasteiger partial charge in [0, 0.05) is 25.0 Å². The van der Waals surface area contributed by atoms with Gasteiger partial charge in [0.05, 0.1) is 0 Å². The smallest absolute Gasteiger partial charge is 0.257 e. The molecule has 0 aliphatic rings. The molecule has 0 saturated heterocycles. The van der Waals surface area contributed by atoms with Crippen molar-refractivity contribution < 1.29 is 9.18 Å². The summed E-state index contributed by atoms with van der Waals surface area (Å²) in [6.07, 6.45) is 2.81. The van der Waals surface area contributed by atoms with Gasteiger partial charge < -0.3 is 10.3 Å². The molecule has 1 amide bonds. The van der Waals surface area contributed by atoms with Crippen LogP contribution >= 0.6 is 0 Å². The quantitative estimate of drug-likeness (QED) is 0.860. The molecule has 1 aromatic heterocycles. The molecule has 0 fully saturated rings. The van der Waals surface area contributed by atoms with Crippen molar-refractivity contribution in [2.75, 3.05) is 0 Å². The predicted octanol–water partition coefficient (Wildman–Crippen LogP) is 1.44. The van der Waals surface area contributed by atoms with Crippen LogP contribution in [0.15, 0.2) is 47.5 Å². The maximum absolute atomic E-state index is 12.7. The molecule has 0 spiro atoms. The number of benzene rings is 1. The van der Waals surface area contributed by atoms with Crippen molar-refractivity contribution >= 4 is 5.91 Å².